The molecule has 10 heteroatoms. The van der Waals surface area contributed by atoms with Crippen LogP contribution < -0.4 is 20.4 Å². The van der Waals surface area contributed by atoms with Gasteiger partial charge >= 0.3 is 6.03 Å². The number of rotatable bonds is 5. The fourth-order valence-electron chi connectivity index (χ4n) is 4.61. The molecule has 1 fully saturated rings. The van der Waals surface area contributed by atoms with E-state index in [9.17, 15) is 4.79 Å². The van der Waals surface area contributed by atoms with Crippen LogP contribution in [-0.2, 0) is 17.7 Å². The molecule has 188 valence electrons. The topological polar surface area (TPSA) is 108 Å². The van der Waals surface area contributed by atoms with Gasteiger partial charge in [0.05, 0.1) is 37.2 Å². The number of morpholine rings is 1. The summed E-state index contributed by atoms with van der Waals surface area (Å²) in [6.07, 6.45) is 0.833. The molecule has 0 radical (unpaired) electrons. The predicted octanol–water partition coefficient (Wildman–Crippen LogP) is 3.17. The van der Waals surface area contributed by atoms with Crippen LogP contribution in [0.3, 0.4) is 0 Å². The molecule has 2 amide bonds. The molecule has 0 aliphatic carbocycles. The molecule has 2 N–H and O–H groups in total. The van der Waals surface area contributed by atoms with E-state index in [2.05, 4.69) is 37.6 Å². The number of carbonyl (C=O) groups is 1. The highest BCUT2D eigenvalue weighted by Crippen LogP contribution is 2.32. The van der Waals surface area contributed by atoms with E-state index in [1.54, 1.807) is 0 Å². The quantitative estimate of drug-likeness (QED) is 0.564. The van der Waals surface area contributed by atoms with Crippen LogP contribution in [0.5, 0.6) is 0 Å². The number of ether oxygens (including phenoxy) is 1. The number of aryl methyl sites for hydroxylation is 1. The maximum absolute atomic E-state index is 11.9. The van der Waals surface area contributed by atoms with Crippen molar-refractivity contribution in [1.29, 1.82) is 0 Å². The van der Waals surface area contributed by atoms with E-state index in [0.717, 1.165) is 48.1 Å². The molecule has 5 rings (SSSR count). The van der Waals surface area contributed by atoms with Crippen molar-refractivity contribution in [3.63, 3.8) is 0 Å². The molecule has 0 saturated carbocycles. The first-order valence-corrected chi connectivity index (χ1v) is 12.5. The number of nitrogens with one attached hydrogen (secondary N) is 2. The fraction of sp³-hybridized carbons (Fsp3) is 0.423. The molecular formula is C26H32N8O2. The number of aromatic nitrogens is 4. The zero-order chi connectivity index (χ0) is 25.1. The van der Waals surface area contributed by atoms with Crippen molar-refractivity contribution in [3.05, 3.63) is 53.3 Å². The third kappa shape index (κ3) is 5.08. The van der Waals surface area contributed by atoms with Crippen LogP contribution >= 0.6 is 0 Å². The normalized spacial score (nSPS) is 17.5. The number of hydrogen-bond acceptors (Lipinski definition) is 8. The lowest BCUT2D eigenvalue weighted by atomic mass is 10.0. The van der Waals surface area contributed by atoms with Gasteiger partial charge in [-0.15, -0.1) is 5.10 Å². The summed E-state index contributed by atoms with van der Waals surface area (Å²) in [5.74, 6) is 2.52. The average molecular weight is 489 g/mol. The molecule has 1 atom stereocenters. The molecule has 0 spiro atoms. The van der Waals surface area contributed by atoms with Gasteiger partial charge in [0.2, 0.25) is 0 Å². The van der Waals surface area contributed by atoms with Gasteiger partial charge in [0.1, 0.15) is 5.82 Å². The summed E-state index contributed by atoms with van der Waals surface area (Å²) >= 11 is 0. The maximum atomic E-state index is 11.9. The number of urea groups is 1. The average Bonchev–Trinajstić information content (AvgIpc) is 2.89. The van der Waals surface area contributed by atoms with Gasteiger partial charge in [-0.1, -0.05) is 0 Å². The summed E-state index contributed by atoms with van der Waals surface area (Å²) in [5.41, 5.74) is 4.71. The molecule has 0 unspecified atom stereocenters. The Morgan fingerprint density at radius 1 is 1.11 bits per heavy atom. The third-order valence-corrected chi connectivity index (χ3v) is 6.53. The number of fused-ring (bicyclic) bond motifs is 1. The van der Waals surface area contributed by atoms with E-state index >= 15 is 0 Å². The van der Waals surface area contributed by atoms with Crippen molar-refractivity contribution < 1.29 is 9.53 Å². The van der Waals surface area contributed by atoms with Crippen molar-refractivity contribution in [2.24, 2.45) is 0 Å². The molecule has 2 aliphatic rings. The van der Waals surface area contributed by atoms with Crippen molar-refractivity contribution >= 4 is 23.4 Å². The second-order valence-electron chi connectivity index (χ2n) is 9.18. The summed E-state index contributed by atoms with van der Waals surface area (Å²) < 4.78 is 5.69. The molecular weight excluding hydrogens is 456 g/mol. The summed E-state index contributed by atoms with van der Waals surface area (Å²) in [5, 5.41) is 14.2. The Morgan fingerprint density at radius 3 is 2.67 bits per heavy atom. The third-order valence-electron chi connectivity index (χ3n) is 6.53. The molecule has 2 aliphatic heterocycles. The first-order chi connectivity index (χ1) is 17.5. The number of hydrogen-bond donors (Lipinski definition) is 2. The maximum Gasteiger partial charge on any atom is 0.319 e. The first kappa shape index (κ1) is 23.9. The second-order valence-corrected chi connectivity index (χ2v) is 9.18. The number of amides is 2. The molecule has 36 heavy (non-hydrogen) atoms. The van der Waals surface area contributed by atoms with E-state index in [4.69, 9.17) is 14.7 Å². The highest BCUT2D eigenvalue weighted by atomic mass is 16.5. The SMILES string of the molecule is CCNC(=O)Nc1ccc(-c2nc3c(c(N4CCOC[C@@H]4C)n2)CCN(c2ccc(C)nn2)C3)cc1. The van der Waals surface area contributed by atoms with Gasteiger partial charge in [0.25, 0.3) is 0 Å². The zero-order valence-electron chi connectivity index (χ0n) is 21.0. The summed E-state index contributed by atoms with van der Waals surface area (Å²) in [4.78, 5) is 26.5. The molecule has 1 saturated heterocycles. The Morgan fingerprint density at radius 2 is 1.94 bits per heavy atom. The lowest BCUT2D eigenvalue weighted by Crippen LogP contribution is -2.45. The molecule has 0 bridgehead atoms. The van der Waals surface area contributed by atoms with Crippen LogP contribution in [0.25, 0.3) is 11.4 Å². The van der Waals surface area contributed by atoms with Crippen LogP contribution in [0.4, 0.5) is 22.1 Å². The first-order valence-electron chi connectivity index (χ1n) is 12.5. The van der Waals surface area contributed by atoms with Gasteiger partial charge in [-0.2, -0.15) is 5.10 Å². The molecule has 4 heterocycles. The van der Waals surface area contributed by atoms with E-state index in [-0.39, 0.29) is 12.1 Å². The van der Waals surface area contributed by atoms with Crippen molar-refractivity contribution in [3.8, 4) is 11.4 Å². The molecule has 10 nitrogen and oxygen atoms in total. The van der Waals surface area contributed by atoms with Crippen LogP contribution in [0, 0.1) is 6.92 Å². The predicted molar refractivity (Wildman–Crippen MR) is 139 cm³/mol. The van der Waals surface area contributed by atoms with Gasteiger partial charge in [-0.05, 0) is 63.6 Å². The minimum atomic E-state index is -0.224. The van der Waals surface area contributed by atoms with Crippen LogP contribution in [0.15, 0.2) is 36.4 Å². The highest BCUT2D eigenvalue weighted by molar-refractivity contribution is 5.89. The fourth-order valence-corrected chi connectivity index (χ4v) is 4.61. The second kappa shape index (κ2) is 10.4. The zero-order valence-corrected chi connectivity index (χ0v) is 21.0. The highest BCUT2D eigenvalue weighted by Gasteiger charge is 2.29. The van der Waals surface area contributed by atoms with Crippen molar-refractivity contribution in [2.75, 3.05) is 48.0 Å². The van der Waals surface area contributed by atoms with E-state index < -0.39 is 0 Å². The molecule has 2 aromatic heterocycles. The number of benzene rings is 1. The molecule has 3 aromatic rings. The van der Waals surface area contributed by atoms with Gasteiger partial charge in [-0.3, -0.25) is 0 Å². The van der Waals surface area contributed by atoms with Crippen LogP contribution in [-0.4, -0.2) is 65.1 Å². The molecule has 1 aromatic carbocycles. The minimum Gasteiger partial charge on any atom is -0.377 e. The Bertz CT molecular complexity index is 1220. The number of anilines is 3. The Labute approximate surface area is 211 Å². The van der Waals surface area contributed by atoms with Crippen LogP contribution in [0.1, 0.15) is 30.8 Å². The van der Waals surface area contributed by atoms with E-state index in [0.29, 0.717) is 37.8 Å². The summed E-state index contributed by atoms with van der Waals surface area (Å²) in [7, 11) is 0. The lowest BCUT2D eigenvalue weighted by molar-refractivity contribution is 0.0984. The Balaban J connectivity index is 1.49. The van der Waals surface area contributed by atoms with E-state index in [1.807, 2.05) is 50.2 Å². The smallest absolute Gasteiger partial charge is 0.319 e. The largest absolute Gasteiger partial charge is 0.377 e. The monoisotopic (exact) mass is 488 g/mol. The number of nitrogens with zero attached hydrogens (tertiary/aromatic N) is 6. The van der Waals surface area contributed by atoms with Gasteiger partial charge < -0.3 is 25.2 Å². The minimum absolute atomic E-state index is 0.224. The summed E-state index contributed by atoms with van der Waals surface area (Å²) in [6, 6.07) is 11.6. The van der Waals surface area contributed by atoms with Gasteiger partial charge in [0, 0.05) is 36.4 Å². The van der Waals surface area contributed by atoms with Gasteiger partial charge in [0.15, 0.2) is 11.6 Å². The Hall–Kier alpha value is -3.79. The van der Waals surface area contributed by atoms with Gasteiger partial charge in [-0.25, -0.2) is 14.8 Å². The summed E-state index contributed by atoms with van der Waals surface area (Å²) in [6.45, 7) is 10.2. The lowest BCUT2D eigenvalue weighted by Gasteiger charge is -2.38. The number of carbonyl (C=O) groups excluding carboxylic acids is 1. The van der Waals surface area contributed by atoms with Crippen LogP contribution in [0.2, 0.25) is 0 Å². The van der Waals surface area contributed by atoms with Crippen molar-refractivity contribution in [1.82, 2.24) is 25.5 Å². The Kier molecular flexibility index (Phi) is 6.95. The van der Waals surface area contributed by atoms with E-state index in [1.165, 1.54) is 5.56 Å². The standard InChI is InChI=1S/C26H32N8O2/c1-4-27-26(35)28-20-8-6-19(7-9-20)24-29-22-15-33(23-10-5-17(2)31-32-23)12-11-21(22)25(30-24)34-13-14-36-16-18(34)3/h5-10,18H,4,11-16H2,1-3H3,(H2,27,28,35)/t18-/m0/s1. The van der Waals surface area contributed by atoms with Crippen molar-refractivity contribution in [2.45, 2.75) is 39.8 Å².